The standard InChI is InChI=1S/C19H25NO3/c1-22-18-9-6-15(7-10-18)8-11-19(21)23-14-17-3-2-12-20(17)13-16-4-5-16/h6-11,16-17H,2-5,12-14H2,1H3. The van der Waals surface area contributed by atoms with E-state index >= 15 is 0 Å². The minimum Gasteiger partial charge on any atom is -0.497 e. The number of carbonyl (C=O) groups is 1. The number of hydrogen-bond acceptors (Lipinski definition) is 4. The number of rotatable bonds is 7. The van der Waals surface area contributed by atoms with Gasteiger partial charge in [-0.05, 0) is 61.9 Å². The highest BCUT2D eigenvalue weighted by Gasteiger charge is 2.31. The summed E-state index contributed by atoms with van der Waals surface area (Å²) in [6.45, 7) is 2.85. The molecular weight excluding hydrogens is 290 g/mol. The van der Waals surface area contributed by atoms with Crippen LogP contribution in [0.1, 0.15) is 31.2 Å². The minimum absolute atomic E-state index is 0.265. The van der Waals surface area contributed by atoms with Crippen molar-refractivity contribution < 1.29 is 14.3 Å². The number of benzene rings is 1. The lowest BCUT2D eigenvalue weighted by Gasteiger charge is -2.23. The molecular formula is C19H25NO3. The zero-order chi connectivity index (χ0) is 16.1. The topological polar surface area (TPSA) is 38.8 Å². The van der Waals surface area contributed by atoms with Gasteiger partial charge in [-0.3, -0.25) is 4.90 Å². The van der Waals surface area contributed by atoms with Gasteiger partial charge in [0, 0.05) is 18.7 Å². The summed E-state index contributed by atoms with van der Waals surface area (Å²) in [6, 6.07) is 7.99. The van der Waals surface area contributed by atoms with E-state index in [9.17, 15) is 4.79 Å². The van der Waals surface area contributed by atoms with Gasteiger partial charge < -0.3 is 9.47 Å². The fourth-order valence-corrected chi connectivity index (χ4v) is 3.06. The Kier molecular flexibility index (Phi) is 5.34. The molecule has 1 aromatic carbocycles. The lowest BCUT2D eigenvalue weighted by atomic mass is 10.2. The number of nitrogens with zero attached hydrogens (tertiary/aromatic N) is 1. The molecule has 3 rings (SSSR count). The molecule has 124 valence electrons. The van der Waals surface area contributed by atoms with Crippen molar-refractivity contribution in [3.8, 4) is 5.75 Å². The average Bonchev–Trinajstić information content (AvgIpc) is 3.29. The third-order valence-electron chi connectivity index (χ3n) is 4.63. The van der Waals surface area contributed by atoms with Crippen molar-refractivity contribution in [1.82, 2.24) is 4.90 Å². The van der Waals surface area contributed by atoms with Gasteiger partial charge in [0.1, 0.15) is 12.4 Å². The Labute approximate surface area is 138 Å². The van der Waals surface area contributed by atoms with Gasteiger partial charge in [0.15, 0.2) is 0 Å². The Morgan fingerprint density at radius 2 is 2.04 bits per heavy atom. The molecule has 4 nitrogen and oxygen atoms in total. The third kappa shape index (κ3) is 4.83. The van der Waals surface area contributed by atoms with Crippen LogP contribution in [0, 0.1) is 5.92 Å². The molecule has 1 aliphatic carbocycles. The van der Waals surface area contributed by atoms with Crippen LogP contribution in [0.5, 0.6) is 5.75 Å². The van der Waals surface area contributed by atoms with E-state index in [4.69, 9.17) is 9.47 Å². The first kappa shape index (κ1) is 16.1. The van der Waals surface area contributed by atoms with Crippen molar-refractivity contribution in [2.75, 3.05) is 26.8 Å². The minimum atomic E-state index is -0.265. The normalized spacial score (nSPS) is 21.7. The second kappa shape index (κ2) is 7.64. The fourth-order valence-electron chi connectivity index (χ4n) is 3.06. The Bertz CT molecular complexity index is 548. The molecule has 0 aromatic heterocycles. The molecule has 1 atom stereocenters. The van der Waals surface area contributed by atoms with Crippen LogP contribution in [-0.4, -0.2) is 43.7 Å². The van der Waals surface area contributed by atoms with Crippen LogP contribution in [0.25, 0.3) is 6.08 Å². The summed E-state index contributed by atoms with van der Waals surface area (Å²) < 4.78 is 10.5. The largest absolute Gasteiger partial charge is 0.497 e. The molecule has 0 amide bonds. The van der Waals surface area contributed by atoms with Crippen LogP contribution < -0.4 is 4.74 Å². The fraction of sp³-hybridized carbons (Fsp3) is 0.526. The number of carbonyl (C=O) groups excluding carboxylic acids is 1. The van der Waals surface area contributed by atoms with E-state index < -0.39 is 0 Å². The smallest absolute Gasteiger partial charge is 0.330 e. The Hall–Kier alpha value is -1.81. The number of hydrogen-bond donors (Lipinski definition) is 0. The van der Waals surface area contributed by atoms with E-state index in [1.165, 1.54) is 31.9 Å². The molecule has 0 bridgehead atoms. The molecule has 4 heteroatoms. The molecule has 2 aliphatic rings. The first-order valence-corrected chi connectivity index (χ1v) is 8.47. The molecule has 0 radical (unpaired) electrons. The van der Waals surface area contributed by atoms with Crippen LogP contribution in [0.15, 0.2) is 30.3 Å². The Morgan fingerprint density at radius 3 is 2.74 bits per heavy atom. The molecule has 1 unspecified atom stereocenters. The third-order valence-corrected chi connectivity index (χ3v) is 4.63. The van der Waals surface area contributed by atoms with Gasteiger partial charge in [-0.2, -0.15) is 0 Å². The predicted molar refractivity (Wildman–Crippen MR) is 90.3 cm³/mol. The lowest BCUT2D eigenvalue weighted by molar-refractivity contribution is -0.139. The summed E-state index contributed by atoms with van der Waals surface area (Å²) in [5.74, 6) is 1.43. The molecule has 1 saturated heterocycles. The summed E-state index contributed by atoms with van der Waals surface area (Å²) >= 11 is 0. The van der Waals surface area contributed by atoms with Crippen molar-refractivity contribution >= 4 is 12.0 Å². The monoisotopic (exact) mass is 315 g/mol. The first-order chi connectivity index (χ1) is 11.2. The van der Waals surface area contributed by atoms with Crippen molar-refractivity contribution in [3.05, 3.63) is 35.9 Å². The van der Waals surface area contributed by atoms with Crippen LogP contribution in [0.2, 0.25) is 0 Å². The number of methoxy groups -OCH3 is 1. The van der Waals surface area contributed by atoms with Gasteiger partial charge in [-0.1, -0.05) is 12.1 Å². The van der Waals surface area contributed by atoms with E-state index in [2.05, 4.69) is 4.90 Å². The zero-order valence-corrected chi connectivity index (χ0v) is 13.7. The molecule has 1 aliphatic heterocycles. The Morgan fingerprint density at radius 1 is 1.26 bits per heavy atom. The van der Waals surface area contributed by atoms with E-state index in [0.717, 1.165) is 30.2 Å². The summed E-state index contributed by atoms with van der Waals surface area (Å²) in [5, 5.41) is 0. The van der Waals surface area contributed by atoms with Crippen molar-refractivity contribution in [2.24, 2.45) is 5.92 Å². The first-order valence-electron chi connectivity index (χ1n) is 8.47. The second-order valence-corrected chi connectivity index (χ2v) is 6.47. The molecule has 2 fully saturated rings. The molecule has 23 heavy (non-hydrogen) atoms. The average molecular weight is 315 g/mol. The van der Waals surface area contributed by atoms with Crippen LogP contribution in [0.3, 0.4) is 0 Å². The summed E-state index contributed by atoms with van der Waals surface area (Å²) in [6.07, 6.45) is 8.38. The van der Waals surface area contributed by atoms with Gasteiger partial charge in [0.2, 0.25) is 0 Å². The van der Waals surface area contributed by atoms with Gasteiger partial charge in [-0.15, -0.1) is 0 Å². The van der Waals surface area contributed by atoms with E-state index in [0.29, 0.717) is 12.6 Å². The highest BCUT2D eigenvalue weighted by molar-refractivity contribution is 5.87. The number of esters is 1. The second-order valence-electron chi connectivity index (χ2n) is 6.47. The Balaban J connectivity index is 1.43. The van der Waals surface area contributed by atoms with Crippen molar-refractivity contribution in [3.63, 3.8) is 0 Å². The van der Waals surface area contributed by atoms with Gasteiger partial charge in [-0.25, -0.2) is 4.79 Å². The maximum atomic E-state index is 11.9. The number of ether oxygens (including phenoxy) is 2. The van der Waals surface area contributed by atoms with E-state index in [-0.39, 0.29) is 5.97 Å². The molecule has 1 aromatic rings. The quantitative estimate of drug-likeness (QED) is 0.572. The van der Waals surface area contributed by atoms with Crippen LogP contribution in [-0.2, 0) is 9.53 Å². The molecule has 1 saturated carbocycles. The molecule has 0 N–H and O–H groups in total. The van der Waals surface area contributed by atoms with Crippen LogP contribution >= 0.6 is 0 Å². The van der Waals surface area contributed by atoms with Gasteiger partial charge >= 0.3 is 5.97 Å². The van der Waals surface area contributed by atoms with Gasteiger partial charge in [0.25, 0.3) is 0 Å². The van der Waals surface area contributed by atoms with E-state index in [1.807, 2.05) is 24.3 Å². The zero-order valence-electron chi connectivity index (χ0n) is 13.7. The molecule has 0 spiro atoms. The predicted octanol–water partition coefficient (Wildman–Crippen LogP) is 3.13. The van der Waals surface area contributed by atoms with Gasteiger partial charge in [0.05, 0.1) is 7.11 Å². The maximum absolute atomic E-state index is 11.9. The van der Waals surface area contributed by atoms with Crippen LogP contribution in [0.4, 0.5) is 0 Å². The summed E-state index contributed by atoms with van der Waals surface area (Å²) in [7, 11) is 1.64. The summed E-state index contributed by atoms with van der Waals surface area (Å²) in [4.78, 5) is 14.4. The molecule has 1 heterocycles. The highest BCUT2D eigenvalue weighted by atomic mass is 16.5. The number of likely N-dealkylation sites (tertiary alicyclic amines) is 1. The van der Waals surface area contributed by atoms with E-state index in [1.54, 1.807) is 13.2 Å². The van der Waals surface area contributed by atoms with Crippen molar-refractivity contribution in [1.29, 1.82) is 0 Å². The highest BCUT2D eigenvalue weighted by Crippen LogP contribution is 2.32. The SMILES string of the molecule is COc1ccc(C=CC(=O)OCC2CCCN2CC2CC2)cc1. The lowest BCUT2D eigenvalue weighted by Crippen LogP contribution is -2.35. The maximum Gasteiger partial charge on any atom is 0.330 e. The summed E-state index contributed by atoms with van der Waals surface area (Å²) in [5.41, 5.74) is 0.957. The van der Waals surface area contributed by atoms with Crippen molar-refractivity contribution in [2.45, 2.75) is 31.7 Å².